The van der Waals surface area contributed by atoms with Crippen molar-refractivity contribution in [3.63, 3.8) is 0 Å². The van der Waals surface area contributed by atoms with Crippen LogP contribution in [-0.2, 0) is 4.79 Å². The number of hydrogen-bond acceptors (Lipinski definition) is 3. The monoisotopic (exact) mass is 293 g/mol. The lowest BCUT2D eigenvalue weighted by Crippen LogP contribution is -2.49. The van der Waals surface area contributed by atoms with Gasteiger partial charge < -0.3 is 10.2 Å². The van der Waals surface area contributed by atoms with Crippen LogP contribution in [0, 0.1) is 5.82 Å². The standard InChI is InChI=1S/C16H24FN3O/c1-3-15(13-6-4-5-7-14(13)17)19(2)12-16(21)20-10-8-18-9-11-20/h4-7,15,18H,3,8-12H2,1-2H3. The van der Waals surface area contributed by atoms with Gasteiger partial charge in [-0.1, -0.05) is 25.1 Å². The fraction of sp³-hybridized carbons (Fsp3) is 0.562. The van der Waals surface area contributed by atoms with Crippen LogP contribution in [0.25, 0.3) is 0 Å². The number of nitrogens with zero attached hydrogens (tertiary/aromatic N) is 2. The Bertz CT molecular complexity index is 474. The topological polar surface area (TPSA) is 35.6 Å². The van der Waals surface area contributed by atoms with Gasteiger partial charge in [-0.25, -0.2) is 4.39 Å². The third-order valence-corrected chi connectivity index (χ3v) is 4.04. The fourth-order valence-corrected chi connectivity index (χ4v) is 2.85. The van der Waals surface area contributed by atoms with Crippen molar-refractivity contribution in [2.75, 3.05) is 39.8 Å². The van der Waals surface area contributed by atoms with Crippen molar-refractivity contribution >= 4 is 5.91 Å². The molecule has 1 aromatic rings. The summed E-state index contributed by atoms with van der Waals surface area (Å²) in [5.74, 6) is -0.0837. The summed E-state index contributed by atoms with van der Waals surface area (Å²) in [6.07, 6.45) is 0.770. The van der Waals surface area contributed by atoms with Crippen LogP contribution in [-0.4, -0.2) is 55.5 Å². The molecule has 116 valence electrons. The number of carbonyl (C=O) groups is 1. The van der Waals surface area contributed by atoms with Gasteiger partial charge in [0.1, 0.15) is 5.82 Å². The van der Waals surface area contributed by atoms with Crippen LogP contribution >= 0.6 is 0 Å². The zero-order valence-electron chi connectivity index (χ0n) is 12.8. The van der Waals surface area contributed by atoms with E-state index in [4.69, 9.17) is 0 Å². The predicted molar refractivity (Wildman–Crippen MR) is 81.5 cm³/mol. The first-order valence-corrected chi connectivity index (χ1v) is 7.56. The van der Waals surface area contributed by atoms with Gasteiger partial charge in [0.2, 0.25) is 5.91 Å². The van der Waals surface area contributed by atoms with Crippen LogP contribution < -0.4 is 5.32 Å². The highest BCUT2D eigenvalue weighted by Crippen LogP contribution is 2.25. The van der Waals surface area contributed by atoms with Crippen LogP contribution in [0.3, 0.4) is 0 Å². The second-order valence-electron chi connectivity index (χ2n) is 5.49. The molecule has 1 amide bonds. The van der Waals surface area contributed by atoms with Gasteiger partial charge in [-0.05, 0) is 19.5 Å². The lowest BCUT2D eigenvalue weighted by molar-refractivity contribution is -0.133. The number of rotatable bonds is 5. The molecule has 1 saturated heterocycles. The molecule has 1 aliphatic heterocycles. The summed E-state index contributed by atoms with van der Waals surface area (Å²) in [7, 11) is 1.89. The molecule has 0 radical (unpaired) electrons. The highest BCUT2D eigenvalue weighted by atomic mass is 19.1. The number of carbonyl (C=O) groups excluding carboxylic acids is 1. The van der Waals surface area contributed by atoms with Gasteiger partial charge in [0.15, 0.2) is 0 Å². The van der Waals surface area contributed by atoms with Gasteiger partial charge in [0.05, 0.1) is 6.54 Å². The molecule has 2 rings (SSSR count). The number of piperazine rings is 1. The first kappa shape index (κ1) is 15.9. The van der Waals surface area contributed by atoms with Crippen molar-refractivity contribution in [3.8, 4) is 0 Å². The number of likely N-dealkylation sites (N-methyl/N-ethyl adjacent to an activating group) is 1. The van der Waals surface area contributed by atoms with E-state index in [1.54, 1.807) is 12.1 Å². The normalized spacial score (nSPS) is 17.0. The van der Waals surface area contributed by atoms with Crippen LogP contribution in [0.15, 0.2) is 24.3 Å². The maximum absolute atomic E-state index is 13.9. The van der Waals surface area contributed by atoms with Crippen LogP contribution in [0.1, 0.15) is 24.9 Å². The molecule has 4 nitrogen and oxygen atoms in total. The maximum Gasteiger partial charge on any atom is 0.236 e. The van der Waals surface area contributed by atoms with Crippen LogP contribution in [0.5, 0.6) is 0 Å². The zero-order valence-corrected chi connectivity index (χ0v) is 12.8. The first-order valence-electron chi connectivity index (χ1n) is 7.56. The van der Waals surface area contributed by atoms with Crippen molar-refractivity contribution in [2.45, 2.75) is 19.4 Å². The molecule has 1 unspecified atom stereocenters. The van der Waals surface area contributed by atoms with Gasteiger partial charge in [0.25, 0.3) is 0 Å². The molecule has 1 aliphatic rings. The molecular formula is C16H24FN3O. The van der Waals surface area contributed by atoms with Crippen molar-refractivity contribution in [2.24, 2.45) is 0 Å². The van der Waals surface area contributed by atoms with Crippen molar-refractivity contribution in [3.05, 3.63) is 35.6 Å². The number of nitrogens with one attached hydrogen (secondary N) is 1. The average molecular weight is 293 g/mol. The largest absolute Gasteiger partial charge is 0.339 e. The SMILES string of the molecule is CCC(c1ccccc1F)N(C)CC(=O)N1CCNCC1. The highest BCUT2D eigenvalue weighted by Gasteiger charge is 2.23. The summed E-state index contributed by atoms with van der Waals surface area (Å²) in [5.41, 5.74) is 0.663. The van der Waals surface area contributed by atoms with Crippen molar-refractivity contribution < 1.29 is 9.18 Å². The van der Waals surface area contributed by atoms with Crippen molar-refractivity contribution in [1.29, 1.82) is 0 Å². The lowest BCUT2D eigenvalue weighted by Gasteiger charge is -2.32. The lowest BCUT2D eigenvalue weighted by atomic mass is 10.0. The summed E-state index contributed by atoms with van der Waals surface area (Å²) >= 11 is 0. The Hall–Kier alpha value is -1.46. The minimum atomic E-state index is -0.203. The van der Waals surface area contributed by atoms with E-state index in [1.165, 1.54) is 6.07 Å². The highest BCUT2D eigenvalue weighted by molar-refractivity contribution is 5.78. The van der Waals surface area contributed by atoms with Crippen LogP contribution in [0.4, 0.5) is 4.39 Å². The Morgan fingerprint density at radius 1 is 1.38 bits per heavy atom. The second-order valence-corrected chi connectivity index (χ2v) is 5.49. The number of benzene rings is 1. The molecule has 1 aromatic carbocycles. The van der Waals surface area contributed by atoms with Gasteiger partial charge in [-0.15, -0.1) is 0 Å². The summed E-state index contributed by atoms with van der Waals surface area (Å²) < 4.78 is 13.9. The van der Waals surface area contributed by atoms with E-state index >= 15 is 0 Å². The Labute approximate surface area is 125 Å². The summed E-state index contributed by atoms with van der Waals surface area (Å²) in [5, 5.41) is 3.23. The Morgan fingerprint density at radius 3 is 2.67 bits per heavy atom. The molecule has 5 heteroatoms. The molecule has 0 aliphatic carbocycles. The smallest absolute Gasteiger partial charge is 0.236 e. The third-order valence-electron chi connectivity index (χ3n) is 4.04. The average Bonchev–Trinajstić information content (AvgIpc) is 2.50. The third kappa shape index (κ3) is 4.02. The van der Waals surface area contributed by atoms with E-state index in [2.05, 4.69) is 5.32 Å². The van der Waals surface area contributed by atoms with E-state index in [0.717, 1.165) is 32.6 Å². The van der Waals surface area contributed by atoms with Gasteiger partial charge >= 0.3 is 0 Å². The number of hydrogen-bond donors (Lipinski definition) is 1. The summed E-state index contributed by atoms with van der Waals surface area (Å²) in [6, 6.07) is 6.74. The molecule has 1 N–H and O–H groups in total. The van der Waals surface area contributed by atoms with E-state index < -0.39 is 0 Å². The van der Waals surface area contributed by atoms with E-state index in [1.807, 2.05) is 29.8 Å². The Kier molecular flexibility index (Phi) is 5.70. The molecular weight excluding hydrogens is 269 g/mol. The summed E-state index contributed by atoms with van der Waals surface area (Å²) in [6.45, 7) is 5.54. The number of halogens is 1. The maximum atomic E-state index is 13.9. The molecule has 0 spiro atoms. The van der Waals surface area contributed by atoms with Gasteiger partial charge in [0, 0.05) is 37.8 Å². The van der Waals surface area contributed by atoms with E-state index in [9.17, 15) is 9.18 Å². The predicted octanol–water partition coefficient (Wildman–Crippen LogP) is 1.64. The first-order chi connectivity index (χ1) is 10.1. The zero-order chi connectivity index (χ0) is 15.2. The molecule has 1 fully saturated rings. The van der Waals surface area contributed by atoms with E-state index in [0.29, 0.717) is 12.1 Å². The fourth-order valence-electron chi connectivity index (χ4n) is 2.85. The minimum absolute atomic E-state index is 0.0712. The van der Waals surface area contributed by atoms with Gasteiger partial charge in [-0.3, -0.25) is 9.69 Å². The molecule has 1 atom stereocenters. The minimum Gasteiger partial charge on any atom is -0.339 e. The second kappa shape index (κ2) is 7.52. The van der Waals surface area contributed by atoms with Crippen LogP contribution in [0.2, 0.25) is 0 Å². The van der Waals surface area contributed by atoms with Crippen molar-refractivity contribution in [1.82, 2.24) is 15.1 Å². The molecule has 0 aromatic heterocycles. The Balaban J connectivity index is 2.01. The molecule has 1 heterocycles. The molecule has 0 saturated carbocycles. The summed E-state index contributed by atoms with van der Waals surface area (Å²) in [4.78, 5) is 16.1. The number of amides is 1. The quantitative estimate of drug-likeness (QED) is 0.896. The Morgan fingerprint density at radius 2 is 2.05 bits per heavy atom. The molecule has 21 heavy (non-hydrogen) atoms. The van der Waals surface area contributed by atoms with Gasteiger partial charge in [-0.2, -0.15) is 0 Å². The van der Waals surface area contributed by atoms with E-state index in [-0.39, 0.29) is 17.8 Å². The molecule has 0 bridgehead atoms.